The highest BCUT2D eigenvalue weighted by atomic mass is 32.4. The van der Waals surface area contributed by atoms with E-state index in [1.807, 2.05) is 0 Å². The highest BCUT2D eigenvalue weighted by Gasteiger charge is 2.24. The molecule has 1 unspecified atom stereocenters. The van der Waals surface area contributed by atoms with Gasteiger partial charge >= 0.3 is 0 Å². The topological polar surface area (TPSA) is 12.4 Å². The van der Waals surface area contributed by atoms with Crippen molar-refractivity contribution in [2.24, 2.45) is 4.99 Å². The molecule has 2 rings (SSSR count). The summed E-state index contributed by atoms with van der Waals surface area (Å²) in [4.78, 5) is 4.94. The van der Waals surface area contributed by atoms with E-state index in [9.17, 15) is 0 Å². The first-order valence-electron chi connectivity index (χ1n) is 7.73. The second-order valence-corrected chi connectivity index (χ2v) is 16.3. The quantitative estimate of drug-likeness (QED) is 0.495. The first-order chi connectivity index (χ1) is 9.42. The minimum atomic E-state index is -1.04. The summed E-state index contributed by atoms with van der Waals surface area (Å²) in [7, 11) is -1.04. The van der Waals surface area contributed by atoms with E-state index >= 15 is 0 Å². The normalized spacial score (nSPS) is 22.8. The fourth-order valence-corrected chi connectivity index (χ4v) is 7.91. The SMILES string of the molecule is Cc1cccc(N=C2CCCCC(S[Si](C)(C)C)C2)c1. The fourth-order valence-electron chi connectivity index (χ4n) is 2.75. The lowest BCUT2D eigenvalue weighted by Gasteiger charge is -2.23. The molecule has 1 aliphatic carbocycles. The Bertz CT molecular complexity index is 476. The van der Waals surface area contributed by atoms with E-state index in [0.717, 1.165) is 10.9 Å². The Morgan fingerprint density at radius 3 is 2.70 bits per heavy atom. The third kappa shape index (κ3) is 5.45. The van der Waals surface area contributed by atoms with Gasteiger partial charge in [-0.25, -0.2) is 0 Å². The van der Waals surface area contributed by atoms with Gasteiger partial charge in [0.2, 0.25) is 0 Å². The summed E-state index contributed by atoms with van der Waals surface area (Å²) in [6.07, 6.45) is 6.45. The molecule has 1 aromatic carbocycles. The van der Waals surface area contributed by atoms with Gasteiger partial charge in [0.05, 0.1) is 5.69 Å². The Balaban J connectivity index is 2.10. The van der Waals surface area contributed by atoms with Crippen LogP contribution in [0.25, 0.3) is 0 Å². The van der Waals surface area contributed by atoms with Crippen LogP contribution in [0.4, 0.5) is 5.69 Å². The summed E-state index contributed by atoms with van der Waals surface area (Å²) in [5.74, 6) is 0. The van der Waals surface area contributed by atoms with Crippen molar-refractivity contribution in [1.82, 2.24) is 0 Å². The molecule has 110 valence electrons. The second-order valence-electron chi connectivity index (χ2n) is 6.82. The van der Waals surface area contributed by atoms with Crippen LogP contribution in [0, 0.1) is 6.92 Å². The molecule has 1 saturated carbocycles. The van der Waals surface area contributed by atoms with Crippen LogP contribution in [0.1, 0.15) is 37.7 Å². The third-order valence-electron chi connectivity index (χ3n) is 3.51. The Morgan fingerprint density at radius 1 is 1.20 bits per heavy atom. The number of nitrogens with zero attached hydrogens (tertiary/aromatic N) is 1. The maximum Gasteiger partial charge on any atom is 0.108 e. The minimum absolute atomic E-state index is 0.799. The molecule has 0 spiro atoms. The highest BCUT2D eigenvalue weighted by Crippen LogP contribution is 2.33. The van der Waals surface area contributed by atoms with Crippen molar-refractivity contribution < 1.29 is 0 Å². The lowest BCUT2D eigenvalue weighted by atomic mass is 10.1. The molecule has 0 aliphatic heterocycles. The van der Waals surface area contributed by atoms with E-state index in [1.165, 1.54) is 43.4 Å². The molecule has 0 radical (unpaired) electrons. The Hall–Kier alpha value is -0.543. The average molecular weight is 306 g/mol. The number of hydrogen-bond acceptors (Lipinski definition) is 2. The van der Waals surface area contributed by atoms with Gasteiger partial charge in [0, 0.05) is 11.0 Å². The summed E-state index contributed by atoms with van der Waals surface area (Å²) in [5, 5.41) is 0.799. The molecular formula is C17H27NSSi. The van der Waals surface area contributed by atoms with Crippen molar-refractivity contribution in [1.29, 1.82) is 0 Å². The van der Waals surface area contributed by atoms with Gasteiger partial charge in [0.15, 0.2) is 0 Å². The van der Waals surface area contributed by atoms with Crippen molar-refractivity contribution in [2.75, 3.05) is 0 Å². The minimum Gasteiger partial charge on any atom is -0.258 e. The van der Waals surface area contributed by atoms with Gasteiger partial charge in [-0.2, -0.15) is 11.2 Å². The Morgan fingerprint density at radius 2 is 2.00 bits per heavy atom. The monoisotopic (exact) mass is 305 g/mol. The van der Waals surface area contributed by atoms with Gasteiger partial charge in [-0.3, -0.25) is 4.99 Å². The van der Waals surface area contributed by atoms with Gasteiger partial charge in [-0.15, -0.1) is 0 Å². The lowest BCUT2D eigenvalue weighted by molar-refractivity contribution is 0.714. The maximum absolute atomic E-state index is 4.94. The summed E-state index contributed by atoms with van der Waals surface area (Å²) in [6, 6.07) is 8.57. The molecule has 0 bridgehead atoms. The van der Waals surface area contributed by atoms with Gasteiger partial charge in [-0.1, -0.05) is 38.2 Å². The van der Waals surface area contributed by atoms with Gasteiger partial charge in [0.1, 0.15) is 7.22 Å². The summed E-state index contributed by atoms with van der Waals surface area (Å²) < 4.78 is 0. The molecule has 0 N–H and O–H groups in total. The van der Waals surface area contributed by atoms with Crippen LogP contribution in [0.2, 0.25) is 19.6 Å². The van der Waals surface area contributed by atoms with Crippen LogP contribution < -0.4 is 0 Å². The molecule has 0 amide bonds. The lowest BCUT2D eigenvalue weighted by Crippen LogP contribution is -2.21. The van der Waals surface area contributed by atoms with Crippen LogP contribution in [0.3, 0.4) is 0 Å². The largest absolute Gasteiger partial charge is 0.258 e. The zero-order valence-electron chi connectivity index (χ0n) is 13.3. The van der Waals surface area contributed by atoms with E-state index in [4.69, 9.17) is 4.99 Å². The summed E-state index contributed by atoms with van der Waals surface area (Å²) >= 11 is 2.27. The Kier molecular flexibility index (Phi) is 5.50. The first kappa shape index (κ1) is 15.8. The maximum atomic E-state index is 4.94. The molecule has 1 atom stereocenters. The van der Waals surface area contributed by atoms with Crippen molar-refractivity contribution in [2.45, 2.75) is 63.9 Å². The summed E-state index contributed by atoms with van der Waals surface area (Å²) in [6.45, 7) is 9.51. The van der Waals surface area contributed by atoms with E-state index in [1.54, 1.807) is 0 Å². The van der Waals surface area contributed by atoms with Crippen LogP contribution in [0.5, 0.6) is 0 Å². The second kappa shape index (κ2) is 6.95. The van der Waals surface area contributed by atoms with Gasteiger partial charge in [0.25, 0.3) is 0 Å². The fraction of sp³-hybridized carbons (Fsp3) is 0.588. The van der Waals surface area contributed by atoms with Crippen molar-refractivity contribution in [3.63, 3.8) is 0 Å². The highest BCUT2D eigenvalue weighted by molar-refractivity contribution is 8.29. The molecule has 0 heterocycles. The zero-order chi connectivity index (χ0) is 14.6. The first-order valence-corrected chi connectivity index (χ1v) is 12.8. The molecule has 20 heavy (non-hydrogen) atoms. The van der Waals surface area contributed by atoms with Crippen LogP contribution >= 0.6 is 11.2 Å². The molecule has 1 aliphatic rings. The van der Waals surface area contributed by atoms with Crippen LogP contribution in [-0.2, 0) is 0 Å². The van der Waals surface area contributed by atoms with E-state index in [2.05, 4.69) is 62.0 Å². The number of aryl methyl sites for hydroxylation is 1. The van der Waals surface area contributed by atoms with E-state index < -0.39 is 7.22 Å². The zero-order valence-corrected chi connectivity index (χ0v) is 15.1. The number of rotatable bonds is 3. The number of aliphatic imine (C=N–C) groups is 1. The summed E-state index contributed by atoms with van der Waals surface area (Å²) in [5.41, 5.74) is 3.86. The van der Waals surface area contributed by atoms with Gasteiger partial charge in [-0.05, 0) is 50.3 Å². The van der Waals surface area contributed by atoms with Crippen LogP contribution in [-0.4, -0.2) is 18.2 Å². The van der Waals surface area contributed by atoms with E-state index in [0.29, 0.717) is 0 Å². The average Bonchev–Trinajstić information content (AvgIpc) is 2.52. The number of hydrogen-bond donors (Lipinski definition) is 0. The van der Waals surface area contributed by atoms with Crippen molar-refractivity contribution in [3.05, 3.63) is 29.8 Å². The molecule has 3 heteroatoms. The standard InChI is InChI=1S/C17H27NSSi/c1-14-8-7-10-15(12-14)18-16-9-5-6-11-17(13-16)19-20(2,3)4/h7-8,10,12,17H,5-6,9,11,13H2,1-4H3. The van der Waals surface area contributed by atoms with Crippen LogP contribution in [0.15, 0.2) is 29.3 Å². The molecule has 1 aromatic rings. The molecular weight excluding hydrogens is 278 g/mol. The number of benzene rings is 1. The predicted molar refractivity (Wildman–Crippen MR) is 96.1 cm³/mol. The van der Waals surface area contributed by atoms with Gasteiger partial charge < -0.3 is 0 Å². The molecule has 0 saturated heterocycles. The molecule has 0 aromatic heterocycles. The molecule has 1 fully saturated rings. The predicted octanol–water partition coefficient (Wildman–Crippen LogP) is 5.97. The van der Waals surface area contributed by atoms with Crippen molar-refractivity contribution >= 4 is 29.8 Å². The third-order valence-corrected chi connectivity index (χ3v) is 8.08. The Labute approximate surface area is 128 Å². The smallest absolute Gasteiger partial charge is 0.108 e. The van der Waals surface area contributed by atoms with Crippen molar-refractivity contribution in [3.8, 4) is 0 Å². The van der Waals surface area contributed by atoms with E-state index in [-0.39, 0.29) is 0 Å². The molecule has 1 nitrogen and oxygen atoms in total.